The molecule has 4 heterocycles. The van der Waals surface area contributed by atoms with Crippen molar-refractivity contribution in [1.82, 2.24) is 24.2 Å². The van der Waals surface area contributed by atoms with E-state index in [1.165, 1.54) is 4.68 Å². The Balaban J connectivity index is 1.24. The van der Waals surface area contributed by atoms with Crippen molar-refractivity contribution in [2.24, 2.45) is 0 Å². The van der Waals surface area contributed by atoms with Crippen molar-refractivity contribution in [3.63, 3.8) is 0 Å². The Morgan fingerprint density at radius 2 is 1.69 bits per heavy atom. The van der Waals surface area contributed by atoms with Gasteiger partial charge in [0.2, 0.25) is 5.91 Å². The van der Waals surface area contributed by atoms with Crippen molar-refractivity contribution < 1.29 is 4.79 Å². The van der Waals surface area contributed by atoms with E-state index in [2.05, 4.69) is 19.5 Å². The Labute approximate surface area is 204 Å². The molecule has 0 bridgehead atoms. The molecule has 8 heteroatoms. The maximum Gasteiger partial charge on any atom is 0.281 e. The number of nitrogens with zero attached hydrogens (tertiary/aromatic N) is 6. The standard InChI is InChI=1S/C27H30N6O2/c1-20-23-19-29-33(22-9-4-3-5-10-22)27(35)26(23)21(2)32(20)14-8-12-25(34)31-17-15-30(16-18-31)24-11-6-7-13-28-24/h3-7,9-11,13,19H,8,12,14-18H2,1-2H3. The van der Waals surface area contributed by atoms with Gasteiger partial charge in [0.25, 0.3) is 5.56 Å². The van der Waals surface area contributed by atoms with Gasteiger partial charge in [0.15, 0.2) is 0 Å². The molecule has 180 valence electrons. The molecule has 1 fully saturated rings. The lowest BCUT2D eigenvalue weighted by molar-refractivity contribution is -0.131. The predicted molar refractivity (Wildman–Crippen MR) is 137 cm³/mol. The summed E-state index contributed by atoms with van der Waals surface area (Å²) in [5, 5.41) is 5.98. The number of anilines is 1. The molecule has 0 N–H and O–H groups in total. The number of benzene rings is 1. The fourth-order valence-electron chi connectivity index (χ4n) is 4.97. The highest BCUT2D eigenvalue weighted by molar-refractivity contribution is 5.87. The van der Waals surface area contributed by atoms with E-state index in [1.54, 1.807) is 12.4 Å². The molecule has 3 aromatic heterocycles. The van der Waals surface area contributed by atoms with Crippen molar-refractivity contribution in [2.45, 2.75) is 33.2 Å². The minimum atomic E-state index is -0.116. The van der Waals surface area contributed by atoms with E-state index < -0.39 is 0 Å². The second-order valence-corrected chi connectivity index (χ2v) is 8.97. The number of amides is 1. The summed E-state index contributed by atoms with van der Waals surface area (Å²) in [4.78, 5) is 34.7. The second-order valence-electron chi connectivity index (χ2n) is 8.97. The van der Waals surface area contributed by atoms with Gasteiger partial charge in [0.05, 0.1) is 17.3 Å². The fourth-order valence-corrected chi connectivity index (χ4v) is 4.97. The van der Waals surface area contributed by atoms with Crippen LogP contribution >= 0.6 is 0 Å². The van der Waals surface area contributed by atoms with Crippen molar-refractivity contribution >= 4 is 22.5 Å². The third kappa shape index (κ3) is 4.43. The maximum atomic E-state index is 13.3. The molecule has 0 radical (unpaired) electrons. The first-order chi connectivity index (χ1) is 17.0. The topological polar surface area (TPSA) is 76.3 Å². The molecular weight excluding hydrogens is 440 g/mol. The highest BCUT2D eigenvalue weighted by Crippen LogP contribution is 2.23. The summed E-state index contributed by atoms with van der Waals surface area (Å²) in [7, 11) is 0. The van der Waals surface area contributed by atoms with Crippen LogP contribution in [-0.2, 0) is 11.3 Å². The first-order valence-corrected chi connectivity index (χ1v) is 12.1. The molecular formula is C27H30N6O2. The van der Waals surface area contributed by atoms with E-state index in [9.17, 15) is 9.59 Å². The third-order valence-electron chi connectivity index (χ3n) is 6.92. The first kappa shape index (κ1) is 22.8. The Kier molecular flexibility index (Phi) is 6.35. The third-order valence-corrected chi connectivity index (χ3v) is 6.92. The zero-order chi connectivity index (χ0) is 24.4. The van der Waals surface area contributed by atoms with Gasteiger partial charge in [-0.15, -0.1) is 0 Å². The van der Waals surface area contributed by atoms with Crippen LogP contribution in [0.1, 0.15) is 24.2 Å². The fraction of sp³-hybridized carbons (Fsp3) is 0.333. The van der Waals surface area contributed by atoms with Gasteiger partial charge >= 0.3 is 0 Å². The van der Waals surface area contributed by atoms with Crippen LogP contribution in [0.5, 0.6) is 0 Å². The molecule has 0 atom stereocenters. The molecule has 1 aromatic carbocycles. The zero-order valence-corrected chi connectivity index (χ0v) is 20.2. The Hall–Kier alpha value is -3.94. The second kappa shape index (κ2) is 9.74. The summed E-state index contributed by atoms with van der Waals surface area (Å²) in [6, 6.07) is 15.4. The molecule has 4 aromatic rings. The number of carbonyl (C=O) groups is 1. The van der Waals surface area contributed by atoms with Crippen LogP contribution in [0.2, 0.25) is 0 Å². The zero-order valence-electron chi connectivity index (χ0n) is 20.2. The van der Waals surface area contributed by atoms with Crippen LogP contribution in [-0.4, -0.2) is 56.3 Å². The Morgan fingerprint density at radius 1 is 0.943 bits per heavy atom. The average molecular weight is 471 g/mol. The lowest BCUT2D eigenvalue weighted by Gasteiger charge is -2.35. The maximum absolute atomic E-state index is 13.3. The van der Waals surface area contributed by atoms with Crippen LogP contribution in [0, 0.1) is 13.8 Å². The van der Waals surface area contributed by atoms with Crippen molar-refractivity contribution in [3.05, 3.63) is 82.7 Å². The van der Waals surface area contributed by atoms with Crippen LogP contribution in [0.15, 0.2) is 65.7 Å². The van der Waals surface area contributed by atoms with Gasteiger partial charge in [0, 0.05) is 62.1 Å². The highest BCUT2D eigenvalue weighted by atomic mass is 16.2. The highest BCUT2D eigenvalue weighted by Gasteiger charge is 2.22. The molecule has 35 heavy (non-hydrogen) atoms. The molecule has 1 amide bonds. The largest absolute Gasteiger partial charge is 0.353 e. The van der Waals surface area contributed by atoms with Crippen molar-refractivity contribution in [2.75, 3.05) is 31.1 Å². The number of carbonyl (C=O) groups excluding carboxylic acids is 1. The number of rotatable bonds is 6. The van der Waals surface area contributed by atoms with Crippen LogP contribution in [0.3, 0.4) is 0 Å². The van der Waals surface area contributed by atoms with Gasteiger partial charge in [-0.05, 0) is 44.5 Å². The van der Waals surface area contributed by atoms with Gasteiger partial charge < -0.3 is 14.4 Å². The van der Waals surface area contributed by atoms with Crippen LogP contribution < -0.4 is 10.5 Å². The van der Waals surface area contributed by atoms with E-state index in [0.29, 0.717) is 31.4 Å². The summed E-state index contributed by atoms with van der Waals surface area (Å²) in [5.41, 5.74) is 2.57. The number of para-hydroxylation sites is 1. The molecule has 1 saturated heterocycles. The van der Waals surface area contributed by atoms with E-state index in [4.69, 9.17) is 0 Å². The monoisotopic (exact) mass is 470 g/mol. The quantitative estimate of drug-likeness (QED) is 0.432. The SMILES string of the molecule is Cc1c2cnn(-c3ccccc3)c(=O)c2c(C)n1CCCC(=O)N1CCN(c2ccccn2)CC1. The van der Waals surface area contributed by atoms with Gasteiger partial charge in [-0.2, -0.15) is 9.78 Å². The number of aromatic nitrogens is 4. The van der Waals surface area contributed by atoms with Gasteiger partial charge in [-0.1, -0.05) is 24.3 Å². The summed E-state index contributed by atoms with van der Waals surface area (Å²) >= 11 is 0. The molecule has 0 spiro atoms. The molecule has 5 rings (SSSR count). The smallest absolute Gasteiger partial charge is 0.281 e. The number of hydrogen-bond donors (Lipinski definition) is 0. The van der Waals surface area contributed by atoms with Gasteiger partial charge in [0.1, 0.15) is 5.82 Å². The van der Waals surface area contributed by atoms with E-state index in [0.717, 1.165) is 47.8 Å². The van der Waals surface area contributed by atoms with Gasteiger partial charge in [-0.3, -0.25) is 9.59 Å². The lowest BCUT2D eigenvalue weighted by Crippen LogP contribution is -2.49. The predicted octanol–water partition coefficient (Wildman–Crippen LogP) is 3.33. The molecule has 1 aliphatic rings. The van der Waals surface area contributed by atoms with Crippen LogP contribution in [0.25, 0.3) is 16.5 Å². The van der Waals surface area contributed by atoms with Crippen molar-refractivity contribution in [3.8, 4) is 5.69 Å². The minimum Gasteiger partial charge on any atom is -0.353 e. The number of hydrogen-bond acceptors (Lipinski definition) is 5. The minimum absolute atomic E-state index is 0.116. The lowest BCUT2D eigenvalue weighted by atomic mass is 10.2. The number of pyridine rings is 1. The molecule has 0 saturated carbocycles. The molecule has 0 aliphatic carbocycles. The Bertz CT molecular complexity index is 1390. The van der Waals surface area contributed by atoms with Crippen molar-refractivity contribution in [1.29, 1.82) is 0 Å². The summed E-state index contributed by atoms with van der Waals surface area (Å²) in [6.07, 6.45) is 4.79. The van der Waals surface area contributed by atoms with E-state index in [1.807, 2.05) is 67.3 Å². The summed E-state index contributed by atoms with van der Waals surface area (Å²) in [6.45, 7) is 7.70. The number of piperazine rings is 1. The molecule has 1 aliphatic heterocycles. The average Bonchev–Trinajstić information content (AvgIpc) is 3.15. The number of aryl methyl sites for hydroxylation is 2. The van der Waals surface area contributed by atoms with E-state index in [-0.39, 0.29) is 11.5 Å². The Morgan fingerprint density at radius 3 is 2.40 bits per heavy atom. The van der Waals surface area contributed by atoms with Gasteiger partial charge in [-0.25, -0.2) is 4.98 Å². The molecule has 0 unspecified atom stereocenters. The normalized spacial score (nSPS) is 14.0. The molecule has 8 nitrogen and oxygen atoms in total. The first-order valence-electron chi connectivity index (χ1n) is 12.1. The number of fused-ring (bicyclic) bond motifs is 1. The summed E-state index contributed by atoms with van der Waals surface area (Å²) < 4.78 is 3.60. The summed E-state index contributed by atoms with van der Waals surface area (Å²) in [5.74, 6) is 1.15. The van der Waals surface area contributed by atoms with E-state index >= 15 is 0 Å². The van der Waals surface area contributed by atoms with Crippen LogP contribution in [0.4, 0.5) is 5.82 Å².